The zero-order valence-electron chi connectivity index (χ0n) is 15.5. The van der Waals surface area contributed by atoms with Gasteiger partial charge in [-0.2, -0.15) is 0 Å². The maximum atomic E-state index is 13.0. The summed E-state index contributed by atoms with van der Waals surface area (Å²) in [5.41, 5.74) is 3.15. The third-order valence-corrected chi connectivity index (χ3v) is 6.21. The van der Waals surface area contributed by atoms with Crippen molar-refractivity contribution in [1.29, 1.82) is 0 Å². The van der Waals surface area contributed by atoms with Crippen LogP contribution in [0.5, 0.6) is 0 Å². The summed E-state index contributed by atoms with van der Waals surface area (Å²) in [7, 11) is 0. The van der Waals surface area contributed by atoms with Crippen LogP contribution in [-0.4, -0.2) is 52.4 Å². The second-order valence-electron chi connectivity index (χ2n) is 7.98. The van der Waals surface area contributed by atoms with Gasteiger partial charge in [0.15, 0.2) is 0 Å². The van der Waals surface area contributed by atoms with Gasteiger partial charge in [0.2, 0.25) is 5.91 Å². The fourth-order valence-corrected chi connectivity index (χ4v) is 4.62. The van der Waals surface area contributed by atoms with Crippen LogP contribution in [0.25, 0.3) is 0 Å². The highest BCUT2D eigenvalue weighted by Gasteiger charge is 2.33. The van der Waals surface area contributed by atoms with Gasteiger partial charge in [-0.3, -0.25) is 9.59 Å². The summed E-state index contributed by atoms with van der Waals surface area (Å²) in [6, 6.07) is 2.65. The van der Waals surface area contributed by atoms with Crippen LogP contribution < -0.4 is 0 Å². The second kappa shape index (κ2) is 6.50. The lowest BCUT2D eigenvalue weighted by atomic mass is 10.1. The molecule has 0 bridgehead atoms. The van der Waals surface area contributed by atoms with Gasteiger partial charge in [-0.15, -0.1) is 0 Å². The van der Waals surface area contributed by atoms with E-state index in [-0.39, 0.29) is 11.8 Å². The van der Waals surface area contributed by atoms with Gasteiger partial charge in [0, 0.05) is 49.5 Å². The molecule has 1 aromatic rings. The van der Waals surface area contributed by atoms with Crippen molar-refractivity contribution in [2.24, 2.45) is 5.92 Å². The Morgan fingerprint density at radius 2 is 1.52 bits per heavy atom. The van der Waals surface area contributed by atoms with Gasteiger partial charge in [0.05, 0.1) is 5.56 Å². The molecule has 0 spiro atoms. The Morgan fingerprint density at radius 1 is 0.920 bits per heavy atom. The van der Waals surface area contributed by atoms with Crippen molar-refractivity contribution in [3.8, 4) is 0 Å². The van der Waals surface area contributed by atoms with Crippen molar-refractivity contribution in [2.45, 2.75) is 58.4 Å². The molecule has 5 heteroatoms. The minimum absolute atomic E-state index is 0.132. The molecule has 2 aliphatic carbocycles. The molecular formula is C20H29N3O2. The molecular weight excluding hydrogens is 314 g/mol. The van der Waals surface area contributed by atoms with E-state index in [0.29, 0.717) is 38.1 Å². The van der Waals surface area contributed by atoms with E-state index in [2.05, 4.69) is 18.4 Å². The van der Waals surface area contributed by atoms with E-state index in [1.807, 2.05) is 15.9 Å². The maximum absolute atomic E-state index is 13.0. The zero-order valence-corrected chi connectivity index (χ0v) is 15.5. The number of hydrogen-bond donors (Lipinski definition) is 0. The number of piperazine rings is 1. The van der Waals surface area contributed by atoms with E-state index < -0.39 is 0 Å². The first-order valence-electron chi connectivity index (χ1n) is 9.82. The van der Waals surface area contributed by atoms with E-state index >= 15 is 0 Å². The van der Waals surface area contributed by atoms with E-state index in [0.717, 1.165) is 24.1 Å². The number of carbonyl (C=O) groups is 2. The number of carbonyl (C=O) groups excluding carboxylic acids is 2. The van der Waals surface area contributed by atoms with Crippen LogP contribution >= 0.6 is 0 Å². The number of amides is 2. The van der Waals surface area contributed by atoms with E-state index in [9.17, 15) is 9.59 Å². The molecule has 2 amide bonds. The standard InChI is InChI=1S/C20H29N3O2/c1-14-13-18(15(2)23(14)17-7-8-17)20(25)22-11-9-21(10-12-22)19(24)16-5-3-4-6-16/h13,16-17H,3-12H2,1-2H3. The largest absolute Gasteiger partial charge is 0.345 e. The smallest absolute Gasteiger partial charge is 0.255 e. The average Bonchev–Trinajstić information content (AvgIpc) is 3.19. The summed E-state index contributed by atoms with van der Waals surface area (Å²) in [4.78, 5) is 29.4. The van der Waals surface area contributed by atoms with Crippen molar-refractivity contribution in [2.75, 3.05) is 26.2 Å². The van der Waals surface area contributed by atoms with Crippen LogP contribution in [-0.2, 0) is 4.79 Å². The van der Waals surface area contributed by atoms with Crippen molar-refractivity contribution in [1.82, 2.24) is 14.4 Å². The lowest BCUT2D eigenvalue weighted by Crippen LogP contribution is -2.51. The van der Waals surface area contributed by atoms with Crippen molar-refractivity contribution in [3.05, 3.63) is 23.0 Å². The molecule has 1 aromatic heterocycles. The van der Waals surface area contributed by atoms with E-state index in [1.54, 1.807) is 0 Å². The molecule has 136 valence electrons. The lowest BCUT2D eigenvalue weighted by molar-refractivity contribution is -0.136. The topological polar surface area (TPSA) is 45.6 Å². The number of aryl methyl sites for hydroxylation is 1. The summed E-state index contributed by atoms with van der Waals surface area (Å²) >= 11 is 0. The predicted molar refractivity (Wildman–Crippen MR) is 96.6 cm³/mol. The molecule has 0 aromatic carbocycles. The monoisotopic (exact) mass is 343 g/mol. The highest BCUT2D eigenvalue weighted by atomic mass is 16.2. The van der Waals surface area contributed by atoms with Crippen molar-refractivity contribution in [3.63, 3.8) is 0 Å². The van der Waals surface area contributed by atoms with Crippen molar-refractivity contribution < 1.29 is 9.59 Å². The Hall–Kier alpha value is -1.78. The minimum atomic E-state index is 0.132. The summed E-state index contributed by atoms with van der Waals surface area (Å²) < 4.78 is 2.33. The molecule has 1 saturated heterocycles. The molecule has 25 heavy (non-hydrogen) atoms. The van der Waals surface area contributed by atoms with Crippen LogP contribution in [0.4, 0.5) is 0 Å². The number of hydrogen-bond acceptors (Lipinski definition) is 2. The number of aromatic nitrogens is 1. The van der Waals surface area contributed by atoms with E-state index in [1.165, 1.54) is 31.4 Å². The molecule has 3 fully saturated rings. The first-order chi connectivity index (χ1) is 12.1. The highest BCUT2D eigenvalue weighted by Crippen LogP contribution is 2.38. The van der Waals surface area contributed by atoms with E-state index in [4.69, 9.17) is 0 Å². The summed E-state index contributed by atoms with van der Waals surface area (Å²) in [5, 5.41) is 0. The normalized spacial score (nSPS) is 21.8. The number of nitrogens with zero attached hydrogens (tertiary/aromatic N) is 3. The Kier molecular flexibility index (Phi) is 4.34. The van der Waals surface area contributed by atoms with Crippen LogP contribution in [0, 0.1) is 19.8 Å². The van der Waals surface area contributed by atoms with Gasteiger partial charge in [-0.1, -0.05) is 12.8 Å². The SMILES string of the molecule is Cc1cc(C(=O)N2CCN(C(=O)C3CCCC3)CC2)c(C)n1C1CC1. The molecule has 0 unspecified atom stereocenters. The number of rotatable bonds is 3. The second-order valence-corrected chi connectivity index (χ2v) is 7.98. The average molecular weight is 343 g/mol. The quantitative estimate of drug-likeness (QED) is 0.847. The van der Waals surface area contributed by atoms with Gasteiger partial charge in [-0.05, 0) is 45.6 Å². The molecule has 4 rings (SSSR count). The third-order valence-electron chi connectivity index (χ3n) is 6.21. The maximum Gasteiger partial charge on any atom is 0.255 e. The summed E-state index contributed by atoms with van der Waals surface area (Å²) in [6.07, 6.45) is 6.92. The summed E-state index contributed by atoms with van der Waals surface area (Å²) in [6.45, 7) is 6.85. The fraction of sp³-hybridized carbons (Fsp3) is 0.700. The third kappa shape index (κ3) is 3.09. The summed E-state index contributed by atoms with van der Waals surface area (Å²) in [5.74, 6) is 0.684. The van der Waals surface area contributed by atoms with Crippen LogP contribution in [0.2, 0.25) is 0 Å². The molecule has 2 heterocycles. The zero-order chi connectivity index (χ0) is 17.6. The van der Waals surface area contributed by atoms with Gasteiger partial charge in [-0.25, -0.2) is 0 Å². The molecule has 0 atom stereocenters. The molecule has 1 aliphatic heterocycles. The molecule has 3 aliphatic rings. The van der Waals surface area contributed by atoms with Gasteiger partial charge in [0.25, 0.3) is 5.91 Å². The predicted octanol–water partition coefficient (Wildman–Crippen LogP) is 2.91. The first-order valence-corrected chi connectivity index (χ1v) is 9.82. The Morgan fingerprint density at radius 3 is 2.12 bits per heavy atom. The highest BCUT2D eigenvalue weighted by molar-refractivity contribution is 5.96. The molecule has 2 saturated carbocycles. The van der Waals surface area contributed by atoms with Gasteiger partial charge < -0.3 is 14.4 Å². The Labute approximate surface area is 150 Å². The lowest BCUT2D eigenvalue weighted by Gasteiger charge is -2.36. The van der Waals surface area contributed by atoms with Gasteiger partial charge >= 0.3 is 0 Å². The first kappa shape index (κ1) is 16.7. The fourth-order valence-electron chi connectivity index (χ4n) is 4.62. The van der Waals surface area contributed by atoms with Crippen LogP contribution in [0.3, 0.4) is 0 Å². The van der Waals surface area contributed by atoms with Crippen LogP contribution in [0.1, 0.15) is 66.3 Å². The Balaban J connectivity index is 1.40. The van der Waals surface area contributed by atoms with Crippen molar-refractivity contribution >= 4 is 11.8 Å². The molecule has 5 nitrogen and oxygen atoms in total. The molecule has 0 radical (unpaired) electrons. The van der Waals surface area contributed by atoms with Crippen LogP contribution in [0.15, 0.2) is 6.07 Å². The Bertz CT molecular complexity index is 675. The van der Waals surface area contributed by atoms with Gasteiger partial charge in [0.1, 0.15) is 0 Å². The molecule has 0 N–H and O–H groups in total. The minimum Gasteiger partial charge on any atom is -0.345 e.